The molecule has 3 heterocycles. The van der Waals surface area contributed by atoms with Crippen molar-refractivity contribution in [1.29, 1.82) is 0 Å². The SMILES string of the molecule is CCN(CC)c1ccc2cc(C(=O)NCCOCCOC(=O)C(C=Cc3ccc(NC(=O)CCCC[C@@H]4SC[C@@H]5NC(=O)N[C@@H]54)cc3)=CCO[Si](c3ccccc3)(c3ccccc3)C(C)(C)C)c(=O)oc2c1. The number of fused-ring (bicyclic) bond motifs is 2. The molecule has 72 heavy (non-hydrogen) atoms. The highest BCUT2D eigenvalue weighted by Crippen LogP contribution is 2.37. The zero-order valence-electron chi connectivity index (χ0n) is 41.9. The van der Waals surface area contributed by atoms with Gasteiger partial charge in [0.15, 0.2) is 0 Å². The van der Waals surface area contributed by atoms with Gasteiger partial charge in [-0.2, -0.15) is 11.8 Å². The molecule has 0 radical (unpaired) electrons. The van der Waals surface area contributed by atoms with Gasteiger partial charge in [-0.1, -0.05) is 106 Å². The number of thioether (sulfide) groups is 1. The Morgan fingerprint density at radius 3 is 2.25 bits per heavy atom. The van der Waals surface area contributed by atoms with Crippen LogP contribution in [-0.2, 0) is 23.5 Å². The predicted octanol–water partition coefficient (Wildman–Crippen LogP) is 7.81. The number of nitrogens with zero attached hydrogens (tertiary/aromatic N) is 1. The second kappa shape index (κ2) is 25.3. The van der Waals surface area contributed by atoms with Crippen LogP contribution in [0.5, 0.6) is 0 Å². The minimum Gasteiger partial charge on any atom is -0.460 e. The number of carbonyl (C=O) groups excluding carboxylic acids is 4. The quantitative estimate of drug-likeness (QED) is 0.00902. The highest BCUT2D eigenvalue weighted by molar-refractivity contribution is 8.00. The van der Waals surface area contributed by atoms with Gasteiger partial charge in [0.25, 0.3) is 14.2 Å². The molecule has 4 N–H and O–H groups in total. The van der Waals surface area contributed by atoms with Crippen LogP contribution in [0.25, 0.3) is 17.0 Å². The molecular weight excluding hydrogens is 947 g/mol. The van der Waals surface area contributed by atoms with Crippen LogP contribution >= 0.6 is 11.8 Å². The average molecular weight is 1010 g/mol. The molecule has 0 spiro atoms. The fourth-order valence-electron chi connectivity index (χ4n) is 9.35. The molecule has 3 atom stereocenters. The molecular formula is C56H67N5O9SSi. The standard InChI is InChI=1S/C56H67N5O9SSi/c1-6-61(7-2)43-29-26-41-36-46(54(65)70-48(41)37-43)52(63)57-31-33-67-34-35-68-53(64)40(30-32-69-72(56(3,4)5,44-16-10-8-11-17-44)45-18-12-9-13-19-45)25-22-39-23-27-42(28-24-39)58-50(62)21-15-14-20-49-51-47(38-71-49)59-55(66)60-51/h8-13,16-19,22-30,36-37,47,49,51H,6-7,14-15,20-21,31-35,38H2,1-5H3,(H,57,63)(H,58,62)(H2,59,60,66)/t47-,49-,51-/m0/s1. The summed E-state index contributed by atoms with van der Waals surface area (Å²) in [5.74, 6) is -0.291. The number of hydrogen-bond acceptors (Lipinski definition) is 11. The Morgan fingerprint density at radius 1 is 0.861 bits per heavy atom. The highest BCUT2D eigenvalue weighted by Gasteiger charge is 2.50. The molecule has 14 nitrogen and oxygen atoms in total. The summed E-state index contributed by atoms with van der Waals surface area (Å²) in [6, 6.07) is 35.3. The summed E-state index contributed by atoms with van der Waals surface area (Å²) in [5, 5.41) is 14.6. The van der Waals surface area contributed by atoms with Gasteiger partial charge in [0.1, 0.15) is 17.8 Å². The van der Waals surface area contributed by atoms with Crippen molar-refractivity contribution in [3.8, 4) is 0 Å². The minimum absolute atomic E-state index is 0.0537. The van der Waals surface area contributed by atoms with Gasteiger partial charge in [-0.05, 0) is 90.1 Å². The van der Waals surface area contributed by atoms with Gasteiger partial charge >= 0.3 is 17.6 Å². The first-order chi connectivity index (χ1) is 34.8. The Labute approximate surface area is 427 Å². The van der Waals surface area contributed by atoms with E-state index in [2.05, 4.69) is 85.1 Å². The normalized spacial score (nSPS) is 16.8. The monoisotopic (exact) mass is 1010 g/mol. The Kier molecular flexibility index (Phi) is 18.7. The number of urea groups is 1. The topological polar surface area (TPSA) is 178 Å². The largest absolute Gasteiger partial charge is 0.460 e. The van der Waals surface area contributed by atoms with E-state index in [1.165, 1.54) is 6.07 Å². The molecule has 2 aliphatic heterocycles. The molecule has 1 aromatic heterocycles. The fourth-order valence-corrected chi connectivity index (χ4v) is 15.4. The Hall–Kier alpha value is -6.46. The maximum atomic E-state index is 13.8. The molecule has 7 rings (SSSR count). The van der Waals surface area contributed by atoms with Crippen molar-refractivity contribution in [2.75, 3.05) is 62.0 Å². The summed E-state index contributed by atoms with van der Waals surface area (Å²) >= 11 is 1.88. The fraction of sp³-hybridized carbons (Fsp3) is 0.375. The van der Waals surface area contributed by atoms with Gasteiger partial charge in [0, 0.05) is 59.9 Å². The van der Waals surface area contributed by atoms with E-state index in [9.17, 15) is 24.0 Å². The predicted molar refractivity (Wildman–Crippen MR) is 290 cm³/mol. The Bertz CT molecular complexity index is 2720. The van der Waals surface area contributed by atoms with Crippen LogP contribution in [0.4, 0.5) is 16.2 Å². The van der Waals surface area contributed by atoms with Crippen molar-refractivity contribution >= 4 is 82.7 Å². The van der Waals surface area contributed by atoms with E-state index in [1.54, 1.807) is 18.2 Å². The van der Waals surface area contributed by atoms with Gasteiger partial charge in [-0.15, -0.1) is 0 Å². The van der Waals surface area contributed by atoms with Crippen LogP contribution in [0.1, 0.15) is 76.2 Å². The van der Waals surface area contributed by atoms with Crippen molar-refractivity contribution in [1.82, 2.24) is 16.0 Å². The van der Waals surface area contributed by atoms with Crippen LogP contribution in [0.2, 0.25) is 5.04 Å². The second-order valence-electron chi connectivity index (χ2n) is 18.9. The van der Waals surface area contributed by atoms with Crippen LogP contribution in [-0.4, -0.2) is 101 Å². The minimum atomic E-state index is -2.93. The highest BCUT2D eigenvalue weighted by atomic mass is 32.2. The maximum Gasteiger partial charge on any atom is 0.349 e. The number of amides is 4. The smallest absolute Gasteiger partial charge is 0.349 e. The molecule has 0 aliphatic carbocycles. The maximum absolute atomic E-state index is 13.8. The first kappa shape index (κ1) is 53.3. The van der Waals surface area contributed by atoms with Crippen molar-refractivity contribution in [2.24, 2.45) is 0 Å². The second-order valence-corrected chi connectivity index (χ2v) is 24.4. The van der Waals surface area contributed by atoms with E-state index >= 15 is 0 Å². The zero-order chi connectivity index (χ0) is 51.1. The molecule has 0 bridgehead atoms. The Morgan fingerprint density at radius 2 is 1.57 bits per heavy atom. The summed E-state index contributed by atoms with van der Waals surface area (Å²) < 4.78 is 24.0. The first-order valence-electron chi connectivity index (χ1n) is 24.9. The molecule has 16 heteroatoms. The molecule has 2 aliphatic rings. The molecule has 4 amide bonds. The Balaban J connectivity index is 0.951. The van der Waals surface area contributed by atoms with Crippen molar-refractivity contribution in [3.63, 3.8) is 0 Å². The summed E-state index contributed by atoms with van der Waals surface area (Å²) in [7, 11) is -2.93. The number of benzene rings is 4. The van der Waals surface area contributed by atoms with Crippen molar-refractivity contribution in [3.05, 3.63) is 148 Å². The van der Waals surface area contributed by atoms with E-state index in [1.807, 2.05) is 90.6 Å². The third kappa shape index (κ3) is 13.5. The van der Waals surface area contributed by atoms with Crippen LogP contribution in [0.15, 0.2) is 136 Å². The van der Waals surface area contributed by atoms with E-state index in [0.29, 0.717) is 28.3 Å². The number of ether oxygens (including phenoxy) is 2. The van der Waals surface area contributed by atoms with E-state index < -0.39 is 25.8 Å². The van der Waals surface area contributed by atoms with Crippen LogP contribution in [0.3, 0.4) is 0 Å². The number of nitrogens with one attached hydrogen (secondary N) is 4. The lowest BCUT2D eigenvalue weighted by atomic mass is 10.0. The van der Waals surface area contributed by atoms with Gasteiger partial charge < -0.3 is 44.5 Å². The molecule has 0 saturated carbocycles. The lowest BCUT2D eigenvalue weighted by Gasteiger charge is -2.42. The number of rotatable bonds is 24. The van der Waals surface area contributed by atoms with Gasteiger partial charge in [-0.3, -0.25) is 9.59 Å². The van der Waals surface area contributed by atoms with Gasteiger partial charge in [0.05, 0.1) is 37.5 Å². The molecule has 380 valence electrons. The van der Waals surface area contributed by atoms with Crippen molar-refractivity contribution < 1.29 is 37.5 Å². The third-order valence-corrected chi connectivity index (χ3v) is 19.6. The van der Waals surface area contributed by atoms with Gasteiger partial charge in [0.2, 0.25) is 5.91 Å². The molecule has 2 fully saturated rings. The molecule has 4 aromatic carbocycles. The molecule has 5 aromatic rings. The summed E-state index contributed by atoms with van der Waals surface area (Å²) in [6.07, 6.45) is 8.26. The third-order valence-electron chi connectivity index (χ3n) is 13.1. The van der Waals surface area contributed by atoms with Gasteiger partial charge in [-0.25, -0.2) is 14.4 Å². The van der Waals surface area contributed by atoms with Crippen LogP contribution < -0.4 is 42.2 Å². The average Bonchev–Trinajstić information content (AvgIpc) is 3.94. The first-order valence-corrected chi connectivity index (χ1v) is 27.8. The lowest BCUT2D eigenvalue weighted by Crippen LogP contribution is -2.66. The van der Waals surface area contributed by atoms with Crippen LogP contribution in [0, 0.1) is 0 Å². The van der Waals surface area contributed by atoms with Crippen molar-refractivity contribution in [2.45, 2.75) is 82.7 Å². The zero-order valence-corrected chi connectivity index (χ0v) is 43.7. The number of carbonyl (C=O) groups is 4. The van der Waals surface area contributed by atoms with E-state index in [0.717, 1.165) is 59.7 Å². The number of unbranched alkanes of at least 4 members (excludes halogenated alkanes) is 1. The summed E-state index contributed by atoms with van der Waals surface area (Å²) in [4.78, 5) is 66.3. The van der Waals surface area contributed by atoms with E-state index in [-0.39, 0.29) is 73.2 Å². The molecule has 0 unspecified atom stereocenters. The lowest BCUT2D eigenvalue weighted by molar-refractivity contribution is -0.140. The number of anilines is 2. The number of esters is 1. The summed E-state index contributed by atoms with van der Waals surface area (Å²) in [5.41, 5.74) is 2.27. The van der Waals surface area contributed by atoms with E-state index in [4.69, 9.17) is 18.3 Å². The number of hydrogen-bond donors (Lipinski definition) is 4. The summed E-state index contributed by atoms with van der Waals surface area (Å²) in [6.45, 7) is 12.7. The molecule has 2 saturated heterocycles.